The summed E-state index contributed by atoms with van der Waals surface area (Å²) in [6.45, 7) is 3.05. The number of halogens is 3. The molecule has 0 aliphatic carbocycles. The van der Waals surface area contributed by atoms with E-state index >= 15 is 0 Å². The molecule has 4 aromatic rings. The van der Waals surface area contributed by atoms with Crippen molar-refractivity contribution in [2.45, 2.75) is 32.5 Å². The minimum absolute atomic E-state index is 0. The van der Waals surface area contributed by atoms with Gasteiger partial charge in [-0.2, -0.15) is 0 Å². The van der Waals surface area contributed by atoms with E-state index < -0.39 is 29.8 Å². The van der Waals surface area contributed by atoms with E-state index in [4.69, 9.17) is 16.3 Å². The van der Waals surface area contributed by atoms with Crippen LogP contribution in [0.2, 0.25) is 5.02 Å². The highest BCUT2D eigenvalue weighted by atomic mass is 79.9. The number of benzene rings is 4. The highest BCUT2D eigenvalue weighted by molar-refractivity contribution is 9.10. The number of fused-ring (bicyclic) bond motifs is 2. The molecule has 0 bridgehead atoms. The summed E-state index contributed by atoms with van der Waals surface area (Å²) >= 11 is 10.1. The van der Waals surface area contributed by atoms with Crippen LogP contribution < -0.4 is 25.2 Å². The normalized spacial score (nSPS) is 15.0. The van der Waals surface area contributed by atoms with Gasteiger partial charge in [-0.15, -0.1) is 12.4 Å². The molecule has 12 heteroatoms. The van der Waals surface area contributed by atoms with Gasteiger partial charge in [-0.25, -0.2) is 0 Å². The molecule has 3 amide bonds. The second-order valence-electron chi connectivity index (χ2n) is 10.8. The Morgan fingerprint density at radius 1 is 1.00 bits per heavy atom. The van der Waals surface area contributed by atoms with Crippen molar-refractivity contribution in [2.75, 3.05) is 30.5 Å². The number of nitrogens with one attached hydrogen (secondary N) is 2. The van der Waals surface area contributed by atoms with Gasteiger partial charge in [-0.05, 0) is 80.2 Å². The summed E-state index contributed by atoms with van der Waals surface area (Å²) in [7, 11) is 3.22. The molecule has 2 N–H and O–H groups in total. The summed E-state index contributed by atoms with van der Waals surface area (Å²) in [6.07, 6.45) is 0. The van der Waals surface area contributed by atoms with E-state index in [2.05, 4.69) is 26.6 Å². The van der Waals surface area contributed by atoms with Crippen LogP contribution in [0.25, 0.3) is 10.8 Å². The van der Waals surface area contributed by atoms with Gasteiger partial charge in [0.2, 0.25) is 5.91 Å². The Morgan fingerprint density at radius 3 is 2.35 bits per heavy atom. The number of anilines is 2. The van der Waals surface area contributed by atoms with E-state index in [0.717, 1.165) is 20.8 Å². The Balaban J connectivity index is 0.00000480. The fourth-order valence-electron chi connectivity index (χ4n) is 5.38. The zero-order valence-corrected chi connectivity index (χ0v) is 28.8. The number of carbonyl (C=O) groups excluding carboxylic acids is 4. The van der Waals surface area contributed by atoms with Crippen LogP contribution in [0.15, 0.2) is 77.3 Å². The minimum atomic E-state index is -1.10. The number of ether oxygens (including phenoxy) is 1. The smallest absolute Gasteiger partial charge is 0.258 e. The molecule has 46 heavy (non-hydrogen) atoms. The zero-order valence-electron chi connectivity index (χ0n) is 25.6. The molecule has 0 spiro atoms. The van der Waals surface area contributed by atoms with Crippen molar-refractivity contribution in [3.05, 3.63) is 99.0 Å². The number of carbonyl (C=O) groups is 4. The fourth-order valence-corrected chi connectivity index (χ4v) is 6.04. The Kier molecular flexibility index (Phi) is 11.1. The van der Waals surface area contributed by atoms with Crippen molar-refractivity contribution in [1.29, 1.82) is 0 Å². The molecule has 4 aromatic carbocycles. The van der Waals surface area contributed by atoms with Crippen LogP contribution in [0, 0.1) is 0 Å². The summed E-state index contributed by atoms with van der Waals surface area (Å²) in [6, 6.07) is 19.2. The maximum atomic E-state index is 14.5. The average Bonchev–Trinajstić information content (AvgIpc) is 3.14. The lowest BCUT2D eigenvalue weighted by molar-refractivity contribution is -0.128. The van der Waals surface area contributed by atoms with Gasteiger partial charge in [0.15, 0.2) is 5.78 Å². The number of nitrogens with zero attached hydrogens (tertiary/aromatic N) is 2. The summed E-state index contributed by atoms with van der Waals surface area (Å²) in [5, 5.41) is 7.92. The molecule has 240 valence electrons. The van der Waals surface area contributed by atoms with Gasteiger partial charge in [0.25, 0.3) is 11.8 Å². The van der Waals surface area contributed by atoms with E-state index in [9.17, 15) is 19.2 Å². The predicted octanol–water partition coefficient (Wildman–Crippen LogP) is 6.18. The Morgan fingerprint density at radius 2 is 1.70 bits per heavy atom. The molecule has 2 atom stereocenters. The SMILES string of the molecule is CN[C@@H](C)C(=O)N[C@H]1CN(C(=O)c2ccc(C(C)=O)cc2)c2cc(Cl)ccc2N(Cc2c(OC)ccc3c(Br)cccc23)C1=O.Cl. The second-order valence-corrected chi connectivity index (χ2v) is 12.1. The third-order valence-electron chi connectivity index (χ3n) is 7.99. The average molecular weight is 728 g/mol. The zero-order chi connectivity index (χ0) is 32.4. The van der Waals surface area contributed by atoms with E-state index in [1.807, 2.05) is 30.3 Å². The van der Waals surface area contributed by atoms with Crippen molar-refractivity contribution in [3.63, 3.8) is 0 Å². The number of hydrogen-bond donors (Lipinski definition) is 2. The third-order valence-corrected chi connectivity index (χ3v) is 8.91. The molecule has 1 heterocycles. The molecule has 1 aliphatic heterocycles. The summed E-state index contributed by atoms with van der Waals surface area (Å²) in [5.74, 6) is -0.775. The molecule has 0 aromatic heterocycles. The summed E-state index contributed by atoms with van der Waals surface area (Å²) < 4.78 is 6.63. The molecular formula is C34H33BrCl2N4O5. The Labute approximate surface area is 286 Å². The molecule has 9 nitrogen and oxygen atoms in total. The van der Waals surface area contributed by atoms with Crippen LogP contribution in [0.3, 0.4) is 0 Å². The van der Waals surface area contributed by atoms with Crippen molar-refractivity contribution in [1.82, 2.24) is 10.6 Å². The van der Waals surface area contributed by atoms with Gasteiger partial charge in [-0.1, -0.05) is 51.8 Å². The minimum Gasteiger partial charge on any atom is -0.496 e. The molecular weight excluding hydrogens is 695 g/mol. The lowest BCUT2D eigenvalue weighted by Crippen LogP contribution is -2.55. The van der Waals surface area contributed by atoms with Crippen LogP contribution in [0.4, 0.5) is 11.4 Å². The molecule has 0 fully saturated rings. The lowest BCUT2D eigenvalue weighted by Gasteiger charge is -2.27. The number of Topliss-reactive ketones (excluding diaryl/α,β-unsaturated/α-hetero) is 1. The van der Waals surface area contributed by atoms with Gasteiger partial charge in [0.05, 0.1) is 37.6 Å². The van der Waals surface area contributed by atoms with E-state index in [1.165, 1.54) is 11.8 Å². The van der Waals surface area contributed by atoms with Crippen LogP contribution >= 0.6 is 39.9 Å². The Bertz CT molecular complexity index is 1820. The van der Waals surface area contributed by atoms with Gasteiger partial charge in [0.1, 0.15) is 11.8 Å². The van der Waals surface area contributed by atoms with Crippen LogP contribution in [0.1, 0.15) is 40.1 Å². The van der Waals surface area contributed by atoms with Crippen LogP contribution in [-0.2, 0) is 16.1 Å². The van der Waals surface area contributed by atoms with Crippen molar-refractivity contribution in [3.8, 4) is 5.75 Å². The molecule has 0 unspecified atom stereocenters. The number of rotatable bonds is 8. The number of likely N-dealkylation sites (N-methyl/N-ethyl adjacent to an activating group) is 1. The molecule has 0 saturated carbocycles. The van der Waals surface area contributed by atoms with E-state index in [1.54, 1.807) is 68.4 Å². The molecule has 5 rings (SSSR count). The Hall–Kier alpha value is -3.96. The third kappa shape index (κ3) is 6.90. The maximum Gasteiger partial charge on any atom is 0.258 e. The summed E-state index contributed by atoms with van der Waals surface area (Å²) in [4.78, 5) is 56.6. The second kappa shape index (κ2) is 14.6. The maximum absolute atomic E-state index is 14.5. The van der Waals surface area contributed by atoms with Gasteiger partial charge in [-0.3, -0.25) is 19.2 Å². The first-order chi connectivity index (χ1) is 21.5. The quantitative estimate of drug-likeness (QED) is 0.210. The van der Waals surface area contributed by atoms with Crippen molar-refractivity contribution >= 4 is 85.6 Å². The molecule has 1 aliphatic rings. The number of methoxy groups -OCH3 is 1. The number of ketones is 1. The summed E-state index contributed by atoms with van der Waals surface area (Å²) in [5.41, 5.74) is 2.36. The highest BCUT2D eigenvalue weighted by Gasteiger charge is 2.38. The highest BCUT2D eigenvalue weighted by Crippen LogP contribution is 2.40. The predicted molar refractivity (Wildman–Crippen MR) is 187 cm³/mol. The first kappa shape index (κ1) is 34.9. The van der Waals surface area contributed by atoms with E-state index in [0.29, 0.717) is 33.3 Å². The van der Waals surface area contributed by atoms with Gasteiger partial charge >= 0.3 is 0 Å². The standard InChI is InChI=1S/C34H32BrClN4O5.ClH/c1-19(37-3)32(42)38-28-18-40(33(43)22-10-8-21(9-11-22)20(2)41)30-16-23(36)12-14-29(30)39(34(28)44)17-26-24-6-5-7-27(35)25(24)13-15-31(26)45-4;/h5-16,19,28,37H,17-18H2,1-4H3,(H,38,42);1H/t19-,28-;/m0./s1. The first-order valence-corrected chi connectivity index (χ1v) is 15.5. The van der Waals surface area contributed by atoms with E-state index in [-0.39, 0.29) is 31.3 Å². The lowest BCUT2D eigenvalue weighted by atomic mass is 10.0. The van der Waals surface area contributed by atoms with Crippen molar-refractivity contribution in [2.24, 2.45) is 0 Å². The van der Waals surface area contributed by atoms with Crippen molar-refractivity contribution < 1.29 is 23.9 Å². The molecule has 0 saturated heterocycles. The van der Waals surface area contributed by atoms with Crippen LogP contribution in [0.5, 0.6) is 5.75 Å². The first-order valence-electron chi connectivity index (χ1n) is 14.3. The molecule has 0 radical (unpaired) electrons. The topological polar surface area (TPSA) is 108 Å². The van der Waals surface area contributed by atoms with Gasteiger partial charge < -0.3 is 25.2 Å². The monoisotopic (exact) mass is 726 g/mol. The van der Waals surface area contributed by atoms with Crippen LogP contribution in [-0.4, -0.2) is 56.3 Å². The largest absolute Gasteiger partial charge is 0.496 e. The fraction of sp³-hybridized carbons (Fsp3) is 0.235. The number of amides is 3. The number of hydrogen-bond acceptors (Lipinski definition) is 6. The van der Waals surface area contributed by atoms with Gasteiger partial charge in [0, 0.05) is 26.2 Å².